The summed E-state index contributed by atoms with van der Waals surface area (Å²) in [5, 5.41) is 12.2. The van der Waals surface area contributed by atoms with Gasteiger partial charge in [0.25, 0.3) is 0 Å². The fraction of sp³-hybridized carbons (Fsp3) is 0.545. The number of ether oxygens (including phenoxy) is 1. The summed E-state index contributed by atoms with van der Waals surface area (Å²) in [4.78, 5) is 31.9. The van der Waals surface area contributed by atoms with Crippen LogP contribution in [-0.4, -0.2) is 56.2 Å². The Morgan fingerprint density at radius 2 is 2.03 bits per heavy atom. The van der Waals surface area contributed by atoms with Gasteiger partial charge < -0.3 is 20.1 Å². The molecule has 5 atom stereocenters. The number of aromatic nitrogens is 3. The third kappa shape index (κ3) is 8.31. The number of carbonyl (C=O) groups is 1. The van der Waals surface area contributed by atoms with Crippen LogP contribution >= 0.6 is 19.5 Å². The average molecular weight is 544 g/mol. The van der Waals surface area contributed by atoms with Crippen LogP contribution in [0.4, 0.5) is 5.95 Å². The largest absolute Gasteiger partial charge is 0.464 e. The van der Waals surface area contributed by atoms with Crippen molar-refractivity contribution < 1.29 is 28.3 Å². The molecular formula is C22H34N5O7PS. The summed E-state index contributed by atoms with van der Waals surface area (Å²) in [6.45, 7) is 5.34. The van der Waals surface area contributed by atoms with Crippen LogP contribution in [0.1, 0.15) is 40.0 Å². The molecule has 1 saturated heterocycles. The van der Waals surface area contributed by atoms with Gasteiger partial charge in [0.1, 0.15) is 18.1 Å². The van der Waals surface area contributed by atoms with Crippen molar-refractivity contribution in [2.75, 3.05) is 18.9 Å². The molecule has 0 radical (unpaired) electrons. The van der Waals surface area contributed by atoms with Gasteiger partial charge in [0.15, 0.2) is 0 Å². The summed E-state index contributed by atoms with van der Waals surface area (Å²) in [6.07, 6.45) is 0.627. The van der Waals surface area contributed by atoms with Crippen molar-refractivity contribution in [3.63, 3.8) is 0 Å². The Morgan fingerprint density at radius 3 is 2.67 bits per heavy atom. The zero-order valence-corrected chi connectivity index (χ0v) is 21.4. The summed E-state index contributed by atoms with van der Waals surface area (Å²) in [7, 11) is -4.07. The third-order valence-electron chi connectivity index (χ3n) is 4.90. The number of rotatable bonds is 11. The molecule has 12 nitrogen and oxygen atoms in total. The summed E-state index contributed by atoms with van der Waals surface area (Å²) >= 11 is 1.25. The quantitative estimate of drug-likeness (QED) is 0.280. The molecule has 0 unspecified atom stereocenters. The second-order valence-electron chi connectivity index (χ2n) is 8.41. The maximum atomic E-state index is 13.6. The van der Waals surface area contributed by atoms with E-state index in [0.717, 1.165) is 0 Å². The molecule has 0 bridgehead atoms. The third-order valence-corrected chi connectivity index (χ3v) is 8.08. The number of aliphatic hydroxyl groups excluding tert-OH is 1. The van der Waals surface area contributed by atoms with Crippen molar-refractivity contribution in [2.24, 2.45) is 5.92 Å². The minimum atomic E-state index is -4.07. The molecule has 1 aromatic carbocycles. The first-order valence-corrected chi connectivity index (χ1v) is 13.5. The Balaban J connectivity index is 0.00000456. The Labute approximate surface area is 214 Å². The molecule has 1 aliphatic heterocycles. The molecule has 1 aliphatic rings. The summed E-state index contributed by atoms with van der Waals surface area (Å²) in [6, 6.07) is 7.39. The number of nitrogen functional groups attached to an aromatic ring is 1. The van der Waals surface area contributed by atoms with Crippen molar-refractivity contribution in [3.05, 3.63) is 47.1 Å². The smallest absolute Gasteiger partial charge is 0.459 e. The number of hydrogen-bond donors (Lipinski definition) is 3. The van der Waals surface area contributed by atoms with E-state index in [1.165, 1.54) is 29.6 Å². The second-order valence-corrected chi connectivity index (χ2v) is 11.5. The van der Waals surface area contributed by atoms with Crippen molar-refractivity contribution >= 4 is 31.4 Å². The standard InChI is InChI=1S/C21H30N5O7PS.CH4/c1-13(2)10-31-19(28)14(3)25-34(30,33-15-7-5-4-6-8-15)32-11-17-16(27)9-18(35-17)26-12-23-20(22)24-21(26)29;/h4-8,12-14,16-18,27H,9-11H2,1-3H3,(H,25,30)(H2,22,24,29);1H4/t14-,16+,17+,18+,34-;/m0./s1. The Kier molecular flexibility index (Phi) is 10.9. The minimum absolute atomic E-state index is 0. The van der Waals surface area contributed by atoms with Crippen LogP contribution < -0.4 is 21.0 Å². The molecule has 14 heteroatoms. The van der Waals surface area contributed by atoms with E-state index in [-0.39, 0.29) is 44.7 Å². The van der Waals surface area contributed by atoms with Crippen LogP contribution in [0.25, 0.3) is 0 Å². The number of esters is 1. The lowest BCUT2D eigenvalue weighted by Crippen LogP contribution is -2.36. The van der Waals surface area contributed by atoms with Crippen molar-refractivity contribution in [1.29, 1.82) is 0 Å². The molecule has 0 aliphatic carbocycles. The monoisotopic (exact) mass is 543 g/mol. The van der Waals surface area contributed by atoms with Crippen LogP contribution in [0.15, 0.2) is 41.5 Å². The fourth-order valence-corrected chi connectivity index (χ4v) is 6.18. The van der Waals surface area contributed by atoms with Gasteiger partial charge in [-0.05, 0) is 25.0 Å². The first-order valence-electron chi connectivity index (χ1n) is 11.0. The number of benzene rings is 1. The van der Waals surface area contributed by atoms with Gasteiger partial charge in [-0.15, -0.1) is 11.8 Å². The lowest BCUT2D eigenvalue weighted by molar-refractivity contribution is -0.146. The molecule has 2 aromatic rings. The van der Waals surface area contributed by atoms with E-state index in [2.05, 4.69) is 15.1 Å². The van der Waals surface area contributed by atoms with Gasteiger partial charge in [-0.1, -0.05) is 39.5 Å². The van der Waals surface area contributed by atoms with Gasteiger partial charge in [0.05, 0.1) is 29.9 Å². The average Bonchev–Trinajstić information content (AvgIpc) is 3.16. The maximum Gasteiger partial charge on any atom is 0.459 e. The molecule has 0 amide bonds. The summed E-state index contributed by atoms with van der Waals surface area (Å²) in [5.41, 5.74) is 4.85. The highest BCUT2D eigenvalue weighted by atomic mass is 32.2. The van der Waals surface area contributed by atoms with E-state index in [1.807, 2.05) is 13.8 Å². The van der Waals surface area contributed by atoms with E-state index in [4.69, 9.17) is 19.5 Å². The topological polar surface area (TPSA) is 168 Å². The van der Waals surface area contributed by atoms with Crippen molar-refractivity contribution in [3.8, 4) is 5.75 Å². The zero-order valence-electron chi connectivity index (χ0n) is 19.6. The van der Waals surface area contributed by atoms with E-state index in [9.17, 15) is 19.3 Å². The highest BCUT2D eigenvalue weighted by Gasteiger charge is 2.39. The highest BCUT2D eigenvalue weighted by molar-refractivity contribution is 8.00. The van der Waals surface area contributed by atoms with Crippen LogP contribution in [0.2, 0.25) is 0 Å². The van der Waals surface area contributed by atoms with Crippen molar-refractivity contribution in [1.82, 2.24) is 19.6 Å². The number of aliphatic hydroxyl groups is 1. The van der Waals surface area contributed by atoms with E-state index < -0.39 is 42.2 Å². The number of carbonyl (C=O) groups excluding carboxylic acids is 1. The number of nitrogens with two attached hydrogens (primary N) is 1. The Bertz CT molecular complexity index is 1100. The van der Waals surface area contributed by atoms with Crippen molar-refractivity contribution in [2.45, 2.75) is 57.4 Å². The molecular weight excluding hydrogens is 509 g/mol. The van der Waals surface area contributed by atoms with E-state index in [1.54, 1.807) is 30.3 Å². The number of nitrogens with one attached hydrogen (secondary N) is 1. The van der Waals surface area contributed by atoms with E-state index in [0.29, 0.717) is 0 Å². The molecule has 0 saturated carbocycles. The molecule has 4 N–H and O–H groups in total. The number of para-hydroxylation sites is 1. The van der Waals surface area contributed by atoms with Gasteiger partial charge in [0.2, 0.25) is 5.95 Å². The van der Waals surface area contributed by atoms with Crippen LogP contribution in [-0.2, 0) is 18.6 Å². The lowest BCUT2D eigenvalue weighted by atomic mass is 10.2. The van der Waals surface area contributed by atoms with Gasteiger partial charge in [-0.2, -0.15) is 10.1 Å². The normalized spacial score (nSPS) is 21.9. The van der Waals surface area contributed by atoms with Gasteiger partial charge in [0, 0.05) is 6.42 Å². The Morgan fingerprint density at radius 1 is 1.33 bits per heavy atom. The summed E-state index contributed by atoms with van der Waals surface area (Å²) in [5.74, 6) is -0.324. The predicted molar refractivity (Wildman–Crippen MR) is 137 cm³/mol. The molecule has 2 heterocycles. The Hall–Kier alpha value is -2.44. The van der Waals surface area contributed by atoms with Crippen LogP contribution in [0, 0.1) is 5.92 Å². The molecule has 1 fully saturated rings. The number of hydrogen-bond acceptors (Lipinski definition) is 11. The molecule has 0 spiro atoms. The van der Waals surface area contributed by atoms with Gasteiger partial charge >= 0.3 is 19.4 Å². The number of anilines is 1. The highest BCUT2D eigenvalue weighted by Crippen LogP contribution is 2.48. The number of thioether (sulfide) groups is 1. The molecule has 36 heavy (non-hydrogen) atoms. The van der Waals surface area contributed by atoms with Gasteiger partial charge in [-0.25, -0.2) is 14.3 Å². The second kappa shape index (κ2) is 13.2. The zero-order chi connectivity index (χ0) is 25.6. The molecule has 1 aromatic heterocycles. The van der Waals surface area contributed by atoms with Crippen LogP contribution in [0.5, 0.6) is 5.75 Å². The first kappa shape index (κ1) is 29.8. The van der Waals surface area contributed by atoms with Gasteiger partial charge in [-0.3, -0.25) is 13.9 Å². The summed E-state index contributed by atoms with van der Waals surface area (Å²) < 4.78 is 31.4. The van der Waals surface area contributed by atoms with E-state index >= 15 is 0 Å². The minimum Gasteiger partial charge on any atom is -0.464 e. The molecule has 3 rings (SSSR count). The number of nitrogens with zero attached hydrogens (tertiary/aromatic N) is 3. The predicted octanol–water partition coefficient (Wildman–Crippen LogP) is 2.60. The lowest BCUT2D eigenvalue weighted by Gasteiger charge is -2.24. The SMILES string of the molecule is C.CC(C)COC(=O)[C@H](C)N[P@](=O)(OC[C@H]1S[C@@H](n2cnc(N)nc2=O)C[C@H]1O)Oc1ccccc1. The molecule has 200 valence electrons. The van der Waals surface area contributed by atoms with Crippen LogP contribution in [0.3, 0.4) is 0 Å². The maximum absolute atomic E-state index is 13.6. The fourth-order valence-electron chi connectivity index (χ4n) is 3.13. The first-order chi connectivity index (χ1) is 16.6.